The molecule has 4 rings (SSSR count). The molecule has 0 saturated heterocycles. The number of ketones is 1. The molecule has 170 valence electrons. The van der Waals surface area contributed by atoms with Crippen molar-refractivity contribution in [2.45, 2.75) is 40.3 Å². The number of esters is 1. The van der Waals surface area contributed by atoms with Crippen LogP contribution in [0.15, 0.2) is 57.9 Å². The molecule has 0 fully saturated rings. The van der Waals surface area contributed by atoms with E-state index < -0.39 is 12.6 Å². The van der Waals surface area contributed by atoms with Gasteiger partial charge in [0.05, 0.1) is 24.2 Å². The number of aromatic nitrogens is 3. The number of Topliss-reactive ketones (excluding diaryl/α,β-unsaturated/α-hetero) is 1. The predicted octanol–water partition coefficient (Wildman–Crippen LogP) is 4.08. The minimum absolute atomic E-state index is 0.00925. The second-order valence-corrected chi connectivity index (χ2v) is 8.19. The molecule has 0 atom stereocenters. The highest BCUT2D eigenvalue weighted by Crippen LogP contribution is 2.19. The van der Waals surface area contributed by atoms with Gasteiger partial charge in [-0.3, -0.25) is 9.59 Å². The summed E-state index contributed by atoms with van der Waals surface area (Å²) in [7, 11) is 0. The molecule has 1 aromatic carbocycles. The summed E-state index contributed by atoms with van der Waals surface area (Å²) in [6.45, 7) is 7.44. The summed E-state index contributed by atoms with van der Waals surface area (Å²) in [5.74, 6) is -0.289. The van der Waals surface area contributed by atoms with Gasteiger partial charge in [0.1, 0.15) is 5.76 Å². The lowest BCUT2D eigenvalue weighted by Crippen LogP contribution is -2.28. The molecule has 0 bridgehead atoms. The maximum Gasteiger partial charge on any atom is 0.359 e. The smallest absolute Gasteiger partial charge is 0.359 e. The summed E-state index contributed by atoms with van der Waals surface area (Å²) in [5.41, 5.74) is 1.88. The Labute approximate surface area is 190 Å². The van der Waals surface area contributed by atoms with Crippen molar-refractivity contribution in [2.75, 3.05) is 6.61 Å². The summed E-state index contributed by atoms with van der Waals surface area (Å²) in [5, 5.41) is 5.00. The van der Waals surface area contributed by atoms with Gasteiger partial charge in [-0.15, -0.1) is 0 Å². The lowest BCUT2D eigenvalue weighted by molar-refractivity contribution is 0.0468. The first-order chi connectivity index (χ1) is 15.8. The SMILES string of the molecule is Cc1cc(C(=O)COC(=O)c2nn(C(C)C)c(=O)c3ccccc23)c(C)n1Cc1ccco1. The molecule has 0 radical (unpaired) electrons. The highest BCUT2D eigenvalue weighted by atomic mass is 16.5. The van der Waals surface area contributed by atoms with Crippen LogP contribution in [0.4, 0.5) is 0 Å². The Morgan fingerprint density at radius 2 is 1.82 bits per heavy atom. The molecule has 0 aliphatic heterocycles. The van der Waals surface area contributed by atoms with E-state index >= 15 is 0 Å². The third-order valence-electron chi connectivity index (χ3n) is 5.61. The molecule has 0 unspecified atom stereocenters. The Bertz CT molecular complexity index is 1390. The molecule has 0 aliphatic carbocycles. The zero-order valence-electron chi connectivity index (χ0n) is 19.0. The second kappa shape index (κ2) is 8.90. The molecule has 8 heteroatoms. The molecule has 3 heterocycles. The number of benzene rings is 1. The average molecular weight is 447 g/mol. The molecule has 0 amide bonds. The van der Waals surface area contributed by atoms with Gasteiger partial charge in [0.15, 0.2) is 12.3 Å². The van der Waals surface area contributed by atoms with Gasteiger partial charge in [-0.1, -0.05) is 18.2 Å². The molecule has 0 aliphatic rings. The molecule has 0 N–H and O–H groups in total. The van der Waals surface area contributed by atoms with Gasteiger partial charge < -0.3 is 13.7 Å². The Morgan fingerprint density at radius 1 is 1.09 bits per heavy atom. The van der Waals surface area contributed by atoms with Crippen LogP contribution < -0.4 is 5.56 Å². The van der Waals surface area contributed by atoms with E-state index in [4.69, 9.17) is 9.15 Å². The van der Waals surface area contributed by atoms with E-state index in [0.717, 1.165) is 17.1 Å². The van der Waals surface area contributed by atoms with Crippen LogP contribution in [0.5, 0.6) is 0 Å². The van der Waals surface area contributed by atoms with E-state index in [2.05, 4.69) is 5.10 Å². The largest absolute Gasteiger partial charge is 0.467 e. The Kier molecular flexibility index (Phi) is 6.00. The lowest BCUT2D eigenvalue weighted by Gasteiger charge is -2.13. The van der Waals surface area contributed by atoms with Crippen molar-refractivity contribution in [1.82, 2.24) is 14.3 Å². The Balaban J connectivity index is 1.57. The summed E-state index contributed by atoms with van der Waals surface area (Å²) in [6, 6.07) is 12.0. The molecular weight excluding hydrogens is 422 g/mol. The average Bonchev–Trinajstić information content (AvgIpc) is 3.41. The number of hydrogen-bond donors (Lipinski definition) is 0. The van der Waals surface area contributed by atoms with Gasteiger partial charge in [-0.2, -0.15) is 5.10 Å². The fraction of sp³-hybridized carbons (Fsp3) is 0.280. The van der Waals surface area contributed by atoms with Crippen molar-refractivity contribution in [3.05, 3.63) is 87.5 Å². The van der Waals surface area contributed by atoms with Crippen molar-refractivity contribution >= 4 is 22.5 Å². The molecule has 8 nitrogen and oxygen atoms in total. The third kappa shape index (κ3) is 4.24. The van der Waals surface area contributed by atoms with Crippen LogP contribution >= 0.6 is 0 Å². The number of aryl methyl sites for hydroxylation is 1. The van der Waals surface area contributed by atoms with E-state index in [1.54, 1.807) is 50.4 Å². The number of furan rings is 1. The quantitative estimate of drug-likeness (QED) is 0.313. The van der Waals surface area contributed by atoms with Crippen molar-refractivity contribution < 1.29 is 18.7 Å². The zero-order valence-corrected chi connectivity index (χ0v) is 19.0. The maximum absolute atomic E-state index is 12.9. The number of ether oxygens (including phenoxy) is 1. The van der Waals surface area contributed by atoms with Gasteiger partial charge in [0.2, 0.25) is 5.78 Å². The van der Waals surface area contributed by atoms with Crippen LogP contribution in [0.25, 0.3) is 10.8 Å². The number of rotatable bonds is 7. The molecule has 33 heavy (non-hydrogen) atoms. The predicted molar refractivity (Wildman–Crippen MR) is 123 cm³/mol. The van der Waals surface area contributed by atoms with Crippen molar-refractivity contribution in [2.24, 2.45) is 0 Å². The summed E-state index contributed by atoms with van der Waals surface area (Å²) in [6.07, 6.45) is 1.61. The first kappa shape index (κ1) is 22.3. The van der Waals surface area contributed by atoms with Crippen LogP contribution in [0.1, 0.15) is 57.9 Å². The standard InChI is InChI=1S/C25H25N3O5/c1-15(2)28-24(30)20-10-6-5-9-19(20)23(26-28)25(31)33-14-22(29)21-12-16(3)27(17(21)4)13-18-8-7-11-32-18/h5-12,15H,13-14H2,1-4H3. The first-order valence-electron chi connectivity index (χ1n) is 10.7. The fourth-order valence-corrected chi connectivity index (χ4v) is 3.87. The van der Waals surface area contributed by atoms with Gasteiger partial charge in [-0.25, -0.2) is 9.48 Å². The van der Waals surface area contributed by atoms with E-state index in [-0.39, 0.29) is 23.1 Å². The lowest BCUT2D eigenvalue weighted by atomic mass is 10.1. The number of carbonyl (C=O) groups is 2. The topological polar surface area (TPSA) is 96.3 Å². The Morgan fingerprint density at radius 3 is 2.48 bits per heavy atom. The van der Waals surface area contributed by atoms with Gasteiger partial charge in [-0.05, 0) is 52.0 Å². The van der Waals surface area contributed by atoms with Gasteiger partial charge >= 0.3 is 5.97 Å². The van der Waals surface area contributed by atoms with E-state index in [0.29, 0.717) is 22.9 Å². The van der Waals surface area contributed by atoms with E-state index in [9.17, 15) is 14.4 Å². The number of nitrogens with zero attached hydrogens (tertiary/aromatic N) is 3. The molecular formula is C25H25N3O5. The van der Waals surface area contributed by atoms with Gasteiger partial charge in [0.25, 0.3) is 5.56 Å². The first-order valence-corrected chi connectivity index (χ1v) is 10.7. The monoisotopic (exact) mass is 447 g/mol. The van der Waals surface area contributed by atoms with E-state index in [1.165, 1.54) is 4.68 Å². The number of hydrogen-bond acceptors (Lipinski definition) is 6. The van der Waals surface area contributed by atoms with Gasteiger partial charge in [0, 0.05) is 22.3 Å². The molecule has 0 saturated carbocycles. The van der Waals surface area contributed by atoms with Crippen LogP contribution in [-0.2, 0) is 11.3 Å². The molecule has 0 spiro atoms. The van der Waals surface area contributed by atoms with Crippen molar-refractivity contribution in [1.29, 1.82) is 0 Å². The number of fused-ring (bicyclic) bond motifs is 1. The third-order valence-corrected chi connectivity index (χ3v) is 5.61. The Hall–Kier alpha value is -3.94. The minimum atomic E-state index is -0.752. The highest BCUT2D eigenvalue weighted by molar-refractivity contribution is 6.04. The molecule has 3 aromatic heterocycles. The maximum atomic E-state index is 12.9. The normalized spacial score (nSPS) is 11.3. The van der Waals surface area contributed by atoms with Crippen molar-refractivity contribution in [3.8, 4) is 0 Å². The summed E-state index contributed by atoms with van der Waals surface area (Å²) >= 11 is 0. The number of carbonyl (C=O) groups excluding carboxylic acids is 2. The fourth-order valence-electron chi connectivity index (χ4n) is 3.87. The van der Waals surface area contributed by atoms with Crippen LogP contribution in [0.3, 0.4) is 0 Å². The van der Waals surface area contributed by atoms with Crippen LogP contribution in [0.2, 0.25) is 0 Å². The highest BCUT2D eigenvalue weighted by Gasteiger charge is 2.22. The minimum Gasteiger partial charge on any atom is -0.467 e. The van der Waals surface area contributed by atoms with Crippen molar-refractivity contribution in [3.63, 3.8) is 0 Å². The second-order valence-electron chi connectivity index (χ2n) is 8.19. The summed E-state index contributed by atoms with van der Waals surface area (Å²) in [4.78, 5) is 38.4. The van der Waals surface area contributed by atoms with Crippen LogP contribution in [-0.4, -0.2) is 32.7 Å². The zero-order chi connectivity index (χ0) is 23.7. The van der Waals surface area contributed by atoms with Crippen LogP contribution in [0, 0.1) is 13.8 Å². The summed E-state index contributed by atoms with van der Waals surface area (Å²) < 4.78 is 14.0. The molecule has 4 aromatic rings. The van der Waals surface area contributed by atoms with E-state index in [1.807, 2.05) is 30.5 Å².